The topological polar surface area (TPSA) is 67.4 Å². The van der Waals surface area contributed by atoms with Crippen molar-refractivity contribution in [2.24, 2.45) is 0 Å². The predicted octanol–water partition coefficient (Wildman–Crippen LogP) is 4.17. The van der Waals surface area contributed by atoms with Crippen molar-refractivity contribution in [3.05, 3.63) is 60.2 Å². The summed E-state index contributed by atoms with van der Waals surface area (Å²) in [5.74, 6) is -2.85. The molecule has 2 amide bonds. The molecule has 2 aromatic rings. The van der Waals surface area contributed by atoms with E-state index in [9.17, 15) is 18.4 Å². The number of hydrogen-bond donors (Lipinski definition) is 2. The summed E-state index contributed by atoms with van der Waals surface area (Å²) in [6, 6.07) is 12.5. The van der Waals surface area contributed by atoms with Gasteiger partial charge in [-0.3, -0.25) is 9.59 Å². The number of ether oxygens (including phenoxy) is 1. The Kier molecular flexibility index (Phi) is 8.01. The van der Waals surface area contributed by atoms with Gasteiger partial charge in [-0.1, -0.05) is 36.0 Å². The molecular formula is C20H20F2N2O3S. The molecule has 5 nitrogen and oxygen atoms in total. The lowest BCUT2D eigenvalue weighted by atomic mass is 10.2. The molecule has 2 aromatic carbocycles. The average molecular weight is 406 g/mol. The van der Waals surface area contributed by atoms with Gasteiger partial charge in [0.05, 0.1) is 12.8 Å². The van der Waals surface area contributed by atoms with E-state index < -0.39 is 23.6 Å². The maximum atomic E-state index is 12.6. The highest BCUT2D eigenvalue weighted by Crippen LogP contribution is 2.31. The summed E-state index contributed by atoms with van der Waals surface area (Å²) in [6.45, 7) is 1.51. The lowest BCUT2D eigenvalue weighted by molar-refractivity contribution is -0.123. The first kappa shape index (κ1) is 21.4. The molecule has 0 aliphatic heterocycles. The Bertz CT molecular complexity index is 842. The Morgan fingerprint density at radius 1 is 1.11 bits per heavy atom. The van der Waals surface area contributed by atoms with Gasteiger partial charge >= 0.3 is 0 Å². The lowest BCUT2D eigenvalue weighted by Crippen LogP contribution is -2.40. The van der Waals surface area contributed by atoms with Crippen LogP contribution in [0, 0.1) is 0 Å². The third kappa shape index (κ3) is 6.70. The Morgan fingerprint density at radius 3 is 2.43 bits per heavy atom. The molecule has 2 N–H and O–H groups in total. The number of anilines is 1. The predicted molar refractivity (Wildman–Crippen MR) is 107 cm³/mol. The standard InChI is InChI=1S/C20H20F2N2O3S/c1-13(19(26)24-16-5-3-4-6-17(16)28-20(21)22)23-18(25)12-9-14-7-10-15(27-2)11-8-14/h3-13,20H,1-2H3,(H,23,25)(H,24,26)/b12-9+/t13-/m1/s1. The normalized spacial score (nSPS) is 12.0. The molecule has 0 radical (unpaired) electrons. The number of para-hydroxylation sites is 1. The van der Waals surface area contributed by atoms with Gasteiger partial charge < -0.3 is 15.4 Å². The van der Waals surface area contributed by atoms with Crippen molar-refractivity contribution in [3.8, 4) is 5.75 Å². The number of rotatable bonds is 8. The number of thioether (sulfide) groups is 1. The average Bonchev–Trinajstić information content (AvgIpc) is 2.67. The summed E-state index contributed by atoms with van der Waals surface area (Å²) < 4.78 is 30.3. The fourth-order valence-corrected chi connectivity index (χ4v) is 2.82. The third-order valence-corrected chi connectivity index (χ3v) is 4.44. The van der Waals surface area contributed by atoms with Gasteiger partial charge in [-0.2, -0.15) is 8.78 Å². The van der Waals surface area contributed by atoms with Crippen molar-refractivity contribution >= 4 is 35.3 Å². The molecule has 0 bridgehead atoms. The van der Waals surface area contributed by atoms with Gasteiger partial charge in [-0.25, -0.2) is 0 Å². The molecule has 0 aliphatic carbocycles. The number of hydrogen-bond acceptors (Lipinski definition) is 4. The van der Waals surface area contributed by atoms with Crippen molar-refractivity contribution in [1.82, 2.24) is 5.32 Å². The van der Waals surface area contributed by atoms with Crippen molar-refractivity contribution in [3.63, 3.8) is 0 Å². The number of benzene rings is 2. The Hall–Kier alpha value is -2.87. The van der Waals surface area contributed by atoms with Crippen LogP contribution < -0.4 is 15.4 Å². The summed E-state index contributed by atoms with van der Waals surface area (Å²) in [5, 5.41) is 5.10. The second kappa shape index (κ2) is 10.5. The number of methoxy groups -OCH3 is 1. The summed E-state index contributed by atoms with van der Waals surface area (Å²) in [7, 11) is 1.56. The van der Waals surface area contributed by atoms with E-state index in [4.69, 9.17) is 4.74 Å². The van der Waals surface area contributed by atoms with Crippen LogP contribution >= 0.6 is 11.8 Å². The van der Waals surface area contributed by atoms with E-state index in [2.05, 4.69) is 10.6 Å². The molecule has 28 heavy (non-hydrogen) atoms. The molecule has 0 unspecified atom stereocenters. The molecule has 2 rings (SSSR count). The number of carbonyl (C=O) groups excluding carboxylic acids is 2. The molecule has 0 saturated heterocycles. The zero-order chi connectivity index (χ0) is 20.5. The van der Waals surface area contributed by atoms with E-state index in [0.717, 1.165) is 5.56 Å². The van der Waals surface area contributed by atoms with Gasteiger partial charge in [0.1, 0.15) is 11.8 Å². The zero-order valence-electron chi connectivity index (χ0n) is 15.3. The van der Waals surface area contributed by atoms with E-state index in [1.165, 1.54) is 25.1 Å². The summed E-state index contributed by atoms with van der Waals surface area (Å²) in [4.78, 5) is 24.5. The van der Waals surface area contributed by atoms with Crippen LogP contribution in [0.5, 0.6) is 5.75 Å². The zero-order valence-corrected chi connectivity index (χ0v) is 16.1. The third-order valence-electron chi connectivity index (χ3n) is 3.66. The highest BCUT2D eigenvalue weighted by molar-refractivity contribution is 7.99. The molecule has 8 heteroatoms. The first-order chi connectivity index (χ1) is 13.4. The number of amides is 2. The van der Waals surface area contributed by atoms with Gasteiger partial charge in [0, 0.05) is 11.0 Å². The van der Waals surface area contributed by atoms with E-state index >= 15 is 0 Å². The molecule has 1 atom stereocenters. The minimum absolute atomic E-state index is 0.253. The Morgan fingerprint density at radius 2 is 1.79 bits per heavy atom. The second-order valence-electron chi connectivity index (χ2n) is 5.70. The van der Waals surface area contributed by atoms with Crippen LogP contribution in [0.2, 0.25) is 0 Å². The van der Waals surface area contributed by atoms with Crippen LogP contribution in [0.1, 0.15) is 12.5 Å². The molecule has 0 fully saturated rings. The lowest BCUT2D eigenvalue weighted by Gasteiger charge is -2.15. The minimum atomic E-state index is -2.60. The smallest absolute Gasteiger partial charge is 0.288 e. The van der Waals surface area contributed by atoms with Crippen molar-refractivity contribution in [1.29, 1.82) is 0 Å². The SMILES string of the molecule is COc1ccc(/C=C/C(=O)N[C@H](C)C(=O)Nc2ccccc2SC(F)F)cc1. The van der Waals surface area contributed by atoms with E-state index in [-0.39, 0.29) is 10.6 Å². The van der Waals surface area contributed by atoms with E-state index in [0.29, 0.717) is 17.5 Å². The first-order valence-electron chi connectivity index (χ1n) is 8.36. The van der Waals surface area contributed by atoms with Crippen LogP contribution in [0.4, 0.5) is 14.5 Å². The Balaban J connectivity index is 1.92. The van der Waals surface area contributed by atoms with E-state index in [1.807, 2.05) is 0 Å². The number of nitrogens with one attached hydrogen (secondary N) is 2. The van der Waals surface area contributed by atoms with Crippen molar-refractivity contribution in [2.45, 2.75) is 23.6 Å². The summed E-state index contributed by atoms with van der Waals surface area (Å²) in [5.41, 5.74) is 1.07. The molecular weight excluding hydrogens is 386 g/mol. The highest BCUT2D eigenvalue weighted by atomic mass is 32.2. The molecule has 0 heterocycles. The van der Waals surface area contributed by atoms with Crippen LogP contribution in [-0.4, -0.2) is 30.7 Å². The summed E-state index contributed by atoms with van der Waals surface area (Å²) in [6.07, 6.45) is 2.92. The monoisotopic (exact) mass is 406 g/mol. The molecule has 0 aromatic heterocycles. The van der Waals surface area contributed by atoms with Gasteiger partial charge in [-0.05, 0) is 42.8 Å². The maximum Gasteiger partial charge on any atom is 0.288 e. The summed E-state index contributed by atoms with van der Waals surface area (Å²) >= 11 is 0.345. The highest BCUT2D eigenvalue weighted by Gasteiger charge is 2.17. The number of carbonyl (C=O) groups is 2. The molecule has 148 valence electrons. The van der Waals surface area contributed by atoms with Crippen molar-refractivity contribution < 1.29 is 23.1 Å². The van der Waals surface area contributed by atoms with Gasteiger partial charge in [0.15, 0.2) is 0 Å². The van der Waals surface area contributed by atoms with Gasteiger partial charge in [0.25, 0.3) is 5.76 Å². The van der Waals surface area contributed by atoms with Gasteiger partial charge in [0.2, 0.25) is 11.8 Å². The van der Waals surface area contributed by atoms with E-state index in [1.54, 1.807) is 49.6 Å². The van der Waals surface area contributed by atoms with Crippen LogP contribution in [-0.2, 0) is 9.59 Å². The number of halogens is 2. The Labute approximate surface area is 166 Å². The first-order valence-corrected chi connectivity index (χ1v) is 9.24. The quantitative estimate of drug-likeness (QED) is 0.510. The van der Waals surface area contributed by atoms with Crippen LogP contribution in [0.15, 0.2) is 59.5 Å². The van der Waals surface area contributed by atoms with Crippen LogP contribution in [0.25, 0.3) is 6.08 Å². The number of alkyl halides is 2. The largest absolute Gasteiger partial charge is 0.497 e. The fraction of sp³-hybridized carbons (Fsp3) is 0.200. The molecule has 0 aliphatic rings. The van der Waals surface area contributed by atoms with Crippen molar-refractivity contribution in [2.75, 3.05) is 12.4 Å². The molecule has 0 saturated carbocycles. The van der Waals surface area contributed by atoms with Crippen LogP contribution in [0.3, 0.4) is 0 Å². The second-order valence-corrected chi connectivity index (χ2v) is 6.73. The fourth-order valence-electron chi connectivity index (χ4n) is 2.22. The maximum absolute atomic E-state index is 12.6. The minimum Gasteiger partial charge on any atom is -0.497 e. The van der Waals surface area contributed by atoms with Gasteiger partial charge in [-0.15, -0.1) is 0 Å². The molecule has 0 spiro atoms.